The van der Waals surface area contributed by atoms with Crippen LogP contribution in [0, 0.1) is 26.2 Å². The van der Waals surface area contributed by atoms with E-state index in [9.17, 15) is 19.2 Å². The van der Waals surface area contributed by atoms with Gasteiger partial charge in [-0.15, -0.1) is 0 Å². The second-order valence-electron chi connectivity index (χ2n) is 14.4. The molecule has 0 unspecified atom stereocenters. The first-order valence-corrected chi connectivity index (χ1v) is 17.4. The molecule has 11 heteroatoms. The Morgan fingerprint density at radius 3 is 2.50 bits per heavy atom. The van der Waals surface area contributed by atoms with Crippen LogP contribution in [0.15, 0.2) is 48.8 Å². The molecule has 0 spiro atoms. The average molecular weight is 674 g/mol. The summed E-state index contributed by atoms with van der Waals surface area (Å²) in [4.78, 5) is 71.7. The van der Waals surface area contributed by atoms with Gasteiger partial charge in [0.25, 0.3) is 0 Å². The quantitative estimate of drug-likeness (QED) is 0.215. The molecule has 2 fully saturated rings. The second kappa shape index (κ2) is 13.0. The van der Waals surface area contributed by atoms with E-state index in [1.165, 1.54) is 6.92 Å². The van der Waals surface area contributed by atoms with Gasteiger partial charge < -0.3 is 9.80 Å². The Labute approximate surface area is 291 Å². The lowest BCUT2D eigenvalue weighted by atomic mass is 9.94. The number of aromatic nitrogens is 5. The molecule has 3 aliphatic rings. The van der Waals surface area contributed by atoms with Crippen LogP contribution in [-0.4, -0.2) is 83.6 Å². The molecular weight excluding hydrogens is 630 g/mol. The van der Waals surface area contributed by atoms with E-state index in [0.717, 1.165) is 40.8 Å². The van der Waals surface area contributed by atoms with Crippen LogP contribution < -0.4 is 0 Å². The number of carbonyl (C=O) groups excluding carboxylic acids is 4. The molecule has 4 aromatic rings. The van der Waals surface area contributed by atoms with Crippen LogP contribution in [0.4, 0.5) is 0 Å². The monoisotopic (exact) mass is 673 g/mol. The fourth-order valence-corrected chi connectivity index (χ4v) is 7.87. The first-order chi connectivity index (χ1) is 23.9. The molecule has 0 N–H and O–H groups in total. The SMILES string of the molecule is CC(=O)c1nn2c3c(cc(-c4cnc(C)nc4)cc13)CC=CCCCC(=O)N(C)C[C@@]13C[C@@H](C(=O)Cc4ccc(C)c(C)n4)N(C(=O)C2)[C@@H]1C3. The zero-order valence-corrected chi connectivity index (χ0v) is 29.4. The van der Waals surface area contributed by atoms with Gasteiger partial charge in [-0.25, -0.2) is 9.97 Å². The number of benzene rings is 1. The average Bonchev–Trinajstić information content (AvgIpc) is 3.47. The van der Waals surface area contributed by atoms with Crippen molar-refractivity contribution in [2.45, 2.75) is 91.3 Å². The Bertz CT molecular complexity index is 2070. The summed E-state index contributed by atoms with van der Waals surface area (Å²) in [6.45, 7) is 7.60. The Hall–Kier alpha value is -5.06. The fourth-order valence-electron chi connectivity index (χ4n) is 7.87. The van der Waals surface area contributed by atoms with Gasteiger partial charge in [0, 0.05) is 73.1 Å². The highest BCUT2D eigenvalue weighted by Crippen LogP contribution is 2.60. The number of piperidine rings is 1. The van der Waals surface area contributed by atoms with E-state index in [0.29, 0.717) is 54.6 Å². The summed E-state index contributed by atoms with van der Waals surface area (Å²) in [5.74, 6) is 0.240. The van der Waals surface area contributed by atoms with E-state index in [-0.39, 0.29) is 53.5 Å². The minimum Gasteiger partial charge on any atom is -0.345 e. The molecule has 11 nitrogen and oxygen atoms in total. The van der Waals surface area contributed by atoms with Crippen molar-refractivity contribution in [3.63, 3.8) is 0 Å². The van der Waals surface area contributed by atoms with Crippen LogP contribution >= 0.6 is 0 Å². The molecule has 0 radical (unpaired) electrons. The Morgan fingerprint density at radius 2 is 1.76 bits per heavy atom. The summed E-state index contributed by atoms with van der Waals surface area (Å²) in [5, 5.41) is 5.41. The van der Waals surface area contributed by atoms with Gasteiger partial charge in [0.05, 0.1) is 18.0 Å². The number of nitrogens with zero attached hydrogens (tertiary/aromatic N) is 7. The number of rotatable bonds is 5. The van der Waals surface area contributed by atoms with Crippen LogP contribution in [0.1, 0.15) is 77.9 Å². The Kier molecular flexibility index (Phi) is 8.69. The van der Waals surface area contributed by atoms with Crippen molar-refractivity contribution in [1.29, 1.82) is 0 Å². The van der Waals surface area contributed by atoms with E-state index < -0.39 is 6.04 Å². The Morgan fingerprint density at radius 1 is 0.980 bits per heavy atom. The molecule has 1 saturated carbocycles. The van der Waals surface area contributed by atoms with Crippen LogP contribution in [0.5, 0.6) is 0 Å². The maximum absolute atomic E-state index is 14.5. The fraction of sp³-hybridized carbons (Fsp3) is 0.436. The number of hydrogen-bond donors (Lipinski definition) is 0. The van der Waals surface area contributed by atoms with Gasteiger partial charge in [0.2, 0.25) is 11.8 Å². The lowest BCUT2D eigenvalue weighted by Gasteiger charge is -2.27. The van der Waals surface area contributed by atoms with Crippen molar-refractivity contribution in [3.8, 4) is 11.1 Å². The third-order valence-electron chi connectivity index (χ3n) is 10.7. The summed E-state index contributed by atoms with van der Waals surface area (Å²) in [6.07, 6.45) is 11.4. The Balaban J connectivity index is 1.30. The van der Waals surface area contributed by atoms with Crippen molar-refractivity contribution in [2.75, 3.05) is 13.6 Å². The summed E-state index contributed by atoms with van der Waals surface area (Å²) in [7, 11) is 1.83. The highest BCUT2D eigenvalue weighted by atomic mass is 16.2. The largest absolute Gasteiger partial charge is 0.345 e. The maximum Gasteiger partial charge on any atom is 0.245 e. The predicted octanol–water partition coefficient (Wildman–Crippen LogP) is 4.93. The van der Waals surface area contributed by atoms with Gasteiger partial charge in [-0.1, -0.05) is 18.2 Å². The minimum absolute atomic E-state index is 0.0606. The summed E-state index contributed by atoms with van der Waals surface area (Å²) in [5.41, 5.74) is 5.83. The van der Waals surface area contributed by atoms with Crippen LogP contribution in [0.2, 0.25) is 0 Å². The van der Waals surface area contributed by atoms with Gasteiger partial charge in [-0.05, 0) is 87.8 Å². The molecule has 2 amide bonds. The number of amides is 2. The zero-order valence-electron chi connectivity index (χ0n) is 29.4. The van der Waals surface area contributed by atoms with Crippen LogP contribution in [0.3, 0.4) is 0 Å². The number of ketones is 2. The second-order valence-corrected chi connectivity index (χ2v) is 14.4. The third-order valence-corrected chi connectivity index (χ3v) is 10.7. The van der Waals surface area contributed by atoms with E-state index in [2.05, 4.69) is 27.1 Å². The minimum atomic E-state index is -0.642. The van der Waals surface area contributed by atoms with Crippen molar-refractivity contribution < 1.29 is 19.2 Å². The van der Waals surface area contributed by atoms with Crippen molar-refractivity contribution in [1.82, 2.24) is 34.5 Å². The molecule has 50 heavy (non-hydrogen) atoms. The van der Waals surface area contributed by atoms with Gasteiger partial charge in [-0.2, -0.15) is 5.10 Å². The molecular formula is C39H43N7O4. The first kappa shape index (κ1) is 33.4. The van der Waals surface area contributed by atoms with E-state index in [1.807, 2.05) is 52.1 Å². The molecule has 7 rings (SSSR count). The number of allylic oxidation sites excluding steroid dienone is 2. The number of carbonyl (C=O) groups is 4. The smallest absolute Gasteiger partial charge is 0.245 e. The van der Waals surface area contributed by atoms with Gasteiger partial charge in [0.1, 0.15) is 18.1 Å². The molecule has 5 heterocycles. The molecule has 1 saturated heterocycles. The predicted molar refractivity (Wildman–Crippen MR) is 188 cm³/mol. The van der Waals surface area contributed by atoms with Gasteiger partial charge in [-0.3, -0.25) is 28.8 Å². The van der Waals surface area contributed by atoms with E-state index >= 15 is 0 Å². The van der Waals surface area contributed by atoms with E-state index in [4.69, 9.17) is 5.10 Å². The van der Waals surface area contributed by atoms with Gasteiger partial charge in [0.15, 0.2) is 11.6 Å². The van der Waals surface area contributed by atoms with Crippen LogP contribution in [0.25, 0.3) is 22.0 Å². The van der Waals surface area contributed by atoms with E-state index in [1.54, 1.807) is 26.9 Å². The topological polar surface area (TPSA) is 131 Å². The number of hydrogen-bond acceptors (Lipinski definition) is 8. The van der Waals surface area contributed by atoms with Crippen LogP contribution in [-0.2, 0) is 33.8 Å². The third kappa shape index (κ3) is 6.25. The highest BCUT2D eigenvalue weighted by molar-refractivity contribution is 6.07. The standard InChI is InChI=1S/C39H43N7O4/c1-23-12-13-30(42-24(23)2)16-33(48)32-17-39-18-34(39)46(32)36(50)21-45-38-27(10-8-6-7-9-11-35(49)44(5)22-39)14-28(29-19-40-26(4)41-20-29)15-31(38)37(43-45)25(3)47/h6,8,12-15,19-20,32,34H,7,9-11,16-18,21-22H2,1-5H3/t32-,34+,39-/m0/s1. The van der Waals surface area contributed by atoms with Crippen molar-refractivity contribution in [3.05, 3.63) is 82.8 Å². The zero-order chi connectivity index (χ0) is 35.3. The summed E-state index contributed by atoms with van der Waals surface area (Å²) < 4.78 is 1.65. The molecule has 3 aromatic heterocycles. The van der Waals surface area contributed by atoms with Crippen molar-refractivity contribution >= 4 is 34.3 Å². The number of pyridine rings is 1. The molecule has 1 aliphatic carbocycles. The van der Waals surface area contributed by atoms with Gasteiger partial charge >= 0.3 is 0 Å². The molecule has 1 aromatic carbocycles. The number of aryl methyl sites for hydroxylation is 3. The van der Waals surface area contributed by atoms with Crippen molar-refractivity contribution in [2.24, 2.45) is 5.41 Å². The molecule has 3 atom stereocenters. The molecule has 2 aliphatic heterocycles. The first-order valence-electron chi connectivity index (χ1n) is 17.4. The molecule has 258 valence electrons. The summed E-state index contributed by atoms with van der Waals surface area (Å²) >= 11 is 0. The lowest BCUT2D eigenvalue weighted by Crippen LogP contribution is -2.45. The normalized spacial score (nSPS) is 22.5. The lowest BCUT2D eigenvalue weighted by molar-refractivity contribution is -0.139. The maximum atomic E-state index is 14.5. The molecule has 2 bridgehead atoms. The highest BCUT2D eigenvalue weighted by Gasteiger charge is 2.67. The number of Topliss-reactive ketones (excluding diaryl/α,β-unsaturated/α-hetero) is 2. The summed E-state index contributed by atoms with van der Waals surface area (Å²) in [6, 6.07) is 7.01.